The highest BCUT2D eigenvalue weighted by molar-refractivity contribution is 5.75. The van der Waals surface area contributed by atoms with Gasteiger partial charge in [0.15, 0.2) is 11.5 Å². The Morgan fingerprint density at radius 2 is 2.06 bits per heavy atom. The maximum absolute atomic E-state index is 10.8. The van der Waals surface area contributed by atoms with Gasteiger partial charge in [0, 0.05) is 6.42 Å². The number of ether oxygens (including phenoxy) is 2. The Balaban J connectivity index is 1.99. The van der Waals surface area contributed by atoms with Crippen LogP contribution in [0.15, 0.2) is 24.3 Å². The van der Waals surface area contributed by atoms with Gasteiger partial charge in [-0.05, 0) is 31.0 Å². The summed E-state index contributed by atoms with van der Waals surface area (Å²) in [6, 6.07) is 5.86. The van der Waals surface area contributed by atoms with Gasteiger partial charge in [-0.15, -0.1) is 0 Å². The fourth-order valence-corrected chi connectivity index (χ4v) is 1.67. The van der Waals surface area contributed by atoms with Crippen LogP contribution in [-0.4, -0.2) is 19.0 Å². The lowest BCUT2D eigenvalue weighted by atomic mass is 10.1. The molecule has 0 unspecified atom stereocenters. The molecule has 0 bridgehead atoms. The number of allylic oxidation sites excluding steroid dienone is 1. The van der Waals surface area contributed by atoms with Crippen molar-refractivity contribution < 1.29 is 14.3 Å². The van der Waals surface area contributed by atoms with Gasteiger partial charge in [0.25, 0.3) is 0 Å². The van der Waals surface area contributed by atoms with Crippen LogP contribution in [0.5, 0.6) is 11.5 Å². The molecule has 0 N–H and O–H groups in total. The van der Waals surface area contributed by atoms with Crippen molar-refractivity contribution in [3.63, 3.8) is 0 Å². The van der Waals surface area contributed by atoms with Gasteiger partial charge in [-0.25, -0.2) is 0 Å². The molecule has 0 saturated carbocycles. The Labute approximate surface area is 101 Å². The third-order valence-electron chi connectivity index (χ3n) is 2.54. The van der Waals surface area contributed by atoms with Crippen molar-refractivity contribution in [3.8, 4) is 11.5 Å². The molecule has 0 spiro atoms. The molecule has 0 radical (unpaired) electrons. The average molecular weight is 232 g/mol. The standard InChI is InChI=1S/C14H16O3/c1-11(15)4-2-3-5-12-6-7-13-14(10-12)17-9-8-16-13/h3,5-7,10H,2,4,8-9H2,1H3/b5-3+. The fourth-order valence-electron chi connectivity index (χ4n) is 1.67. The second-order valence-electron chi connectivity index (χ2n) is 4.05. The van der Waals surface area contributed by atoms with Crippen molar-refractivity contribution in [2.24, 2.45) is 0 Å². The van der Waals surface area contributed by atoms with E-state index < -0.39 is 0 Å². The predicted molar refractivity (Wildman–Crippen MR) is 66.4 cm³/mol. The van der Waals surface area contributed by atoms with E-state index in [9.17, 15) is 4.79 Å². The zero-order valence-corrected chi connectivity index (χ0v) is 9.94. The summed E-state index contributed by atoms with van der Waals surface area (Å²) in [5, 5.41) is 0. The SMILES string of the molecule is CC(=O)CC/C=C/c1ccc2c(c1)OCCO2. The number of ketones is 1. The third-order valence-corrected chi connectivity index (χ3v) is 2.54. The normalized spacial score (nSPS) is 13.9. The van der Waals surface area contributed by atoms with Crippen molar-refractivity contribution in [3.05, 3.63) is 29.8 Å². The Hall–Kier alpha value is -1.77. The monoisotopic (exact) mass is 232 g/mol. The van der Waals surface area contributed by atoms with E-state index in [0.717, 1.165) is 23.5 Å². The molecule has 0 saturated heterocycles. The lowest BCUT2D eigenvalue weighted by Gasteiger charge is -2.18. The molecule has 0 fully saturated rings. The number of carbonyl (C=O) groups is 1. The van der Waals surface area contributed by atoms with Crippen LogP contribution in [-0.2, 0) is 4.79 Å². The number of carbonyl (C=O) groups excluding carboxylic acids is 1. The first-order valence-electron chi connectivity index (χ1n) is 5.81. The minimum Gasteiger partial charge on any atom is -0.486 e. The average Bonchev–Trinajstić information content (AvgIpc) is 2.34. The van der Waals surface area contributed by atoms with Gasteiger partial charge in [0.05, 0.1) is 0 Å². The molecule has 3 nitrogen and oxygen atoms in total. The number of hydrogen-bond acceptors (Lipinski definition) is 3. The molecule has 1 aromatic carbocycles. The first-order chi connectivity index (χ1) is 8.25. The lowest BCUT2D eigenvalue weighted by Crippen LogP contribution is -2.15. The summed E-state index contributed by atoms with van der Waals surface area (Å²) in [6.45, 7) is 2.82. The smallest absolute Gasteiger partial charge is 0.161 e. The lowest BCUT2D eigenvalue weighted by molar-refractivity contribution is -0.116. The molecule has 1 aliphatic heterocycles. The maximum atomic E-state index is 10.8. The molecule has 90 valence electrons. The van der Waals surface area contributed by atoms with E-state index in [2.05, 4.69) is 0 Å². The summed E-state index contributed by atoms with van der Waals surface area (Å²) in [4.78, 5) is 10.8. The van der Waals surface area contributed by atoms with Gasteiger partial charge in [0.2, 0.25) is 0 Å². The molecule has 0 atom stereocenters. The highest BCUT2D eigenvalue weighted by atomic mass is 16.6. The summed E-state index contributed by atoms with van der Waals surface area (Å²) in [7, 11) is 0. The zero-order valence-electron chi connectivity index (χ0n) is 9.94. The van der Waals surface area contributed by atoms with Gasteiger partial charge in [-0.3, -0.25) is 0 Å². The van der Waals surface area contributed by atoms with Crippen molar-refractivity contribution >= 4 is 11.9 Å². The molecule has 1 aliphatic rings. The first-order valence-corrected chi connectivity index (χ1v) is 5.81. The first kappa shape index (κ1) is 11.7. The van der Waals surface area contributed by atoms with E-state index >= 15 is 0 Å². The van der Waals surface area contributed by atoms with E-state index in [1.165, 1.54) is 0 Å². The fraction of sp³-hybridized carbons (Fsp3) is 0.357. The molecule has 2 rings (SSSR count). The van der Waals surface area contributed by atoms with Crippen LogP contribution in [0, 0.1) is 0 Å². The summed E-state index contributed by atoms with van der Waals surface area (Å²) in [5.74, 6) is 1.82. The highest BCUT2D eigenvalue weighted by Crippen LogP contribution is 2.31. The Morgan fingerprint density at radius 1 is 1.29 bits per heavy atom. The molecule has 1 aromatic rings. The molecular formula is C14H16O3. The molecule has 17 heavy (non-hydrogen) atoms. The highest BCUT2D eigenvalue weighted by Gasteiger charge is 2.10. The van der Waals surface area contributed by atoms with Gasteiger partial charge in [-0.1, -0.05) is 18.2 Å². The molecule has 0 aromatic heterocycles. The van der Waals surface area contributed by atoms with E-state index in [-0.39, 0.29) is 5.78 Å². The zero-order chi connectivity index (χ0) is 12.1. The van der Waals surface area contributed by atoms with Gasteiger partial charge < -0.3 is 14.3 Å². The number of fused-ring (bicyclic) bond motifs is 1. The van der Waals surface area contributed by atoms with E-state index in [1.54, 1.807) is 6.92 Å². The second kappa shape index (κ2) is 5.53. The van der Waals surface area contributed by atoms with Crippen molar-refractivity contribution in [1.29, 1.82) is 0 Å². The molecule has 0 amide bonds. The number of Topliss-reactive ketones (excluding diaryl/α,β-unsaturated/α-hetero) is 1. The van der Waals surface area contributed by atoms with Crippen LogP contribution >= 0.6 is 0 Å². The summed E-state index contributed by atoms with van der Waals surface area (Å²) in [5.41, 5.74) is 1.07. The number of benzene rings is 1. The quantitative estimate of drug-likeness (QED) is 0.800. The van der Waals surface area contributed by atoms with Crippen molar-refractivity contribution in [1.82, 2.24) is 0 Å². The summed E-state index contributed by atoms with van der Waals surface area (Å²) >= 11 is 0. The van der Waals surface area contributed by atoms with E-state index in [1.807, 2.05) is 30.4 Å². The third kappa shape index (κ3) is 3.34. The molecular weight excluding hydrogens is 216 g/mol. The van der Waals surface area contributed by atoms with Gasteiger partial charge >= 0.3 is 0 Å². The Bertz CT molecular complexity index is 435. The Morgan fingerprint density at radius 3 is 2.82 bits per heavy atom. The van der Waals surface area contributed by atoms with Crippen molar-refractivity contribution in [2.45, 2.75) is 19.8 Å². The minimum atomic E-state index is 0.219. The minimum absolute atomic E-state index is 0.219. The summed E-state index contributed by atoms with van der Waals surface area (Å²) in [6.07, 6.45) is 5.39. The molecule has 3 heteroatoms. The van der Waals surface area contributed by atoms with Crippen LogP contribution in [0.25, 0.3) is 6.08 Å². The molecule has 1 heterocycles. The summed E-state index contributed by atoms with van der Waals surface area (Å²) < 4.78 is 10.9. The number of hydrogen-bond donors (Lipinski definition) is 0. The van der Waals surface area contributed by atoms with E-state index in [4.69, 9.17) is 9.47 Å². The topological polar surface area (TPSA) is 35.5 Å². The maximum Gasteiger partial charge on any atom is 0.161 e. The predicted octanol–water partition coefficient (Wildman–Crippen LogP) is 2.84. The molecule has 0 aliphatic carbocycles. The Kier molecular flexibility index (Phi) is 3.81. The van der Waals surface area contributed by atoms with Crippen LogP contribution < -0.4 is 9.47 Å². The van der Waals surface area contributed by atoms with Crippen LogP contribution in [0.4, 0.5) is 0 Å². The number of rotatable bonds is 4. The largest absolute Gasteiger partial charge is 0.486 e. The second-order valence-corrected chi connectivity index (χ2v) is 4.05. The van der Waals surface area contributed by atoms with Gasteiger partial charge in [0.1, 0.15) is 19.0 Å². The van der Waals surface area contributed by atoms with Crippen LogP contribution in [0.2, 0.25) is 0 Å². The van der Waals surface area contributed by atoms with E-state index in [0.29, 0.717) is 19.6 Å². The van der Waals surface area contributed by atoms with Crippen molar-refractivity contribution in [2.75, 3.05) is 13.2 Å². The van der Waals surface area contributed by atoms with Crippen LogP contribution in [0.1, 0.15) is 25.3 Å². The van der Waals surface area contributed by atoms with Crippen LogP contribution in [0.3, 0.4) is 0 Å². The van der Waals surface area contributed by atoms with Gasteiger partial charge in [-0.2, -0.15) is 0 Å².